The van der Waals surface area contributed by atoms with Crippen molar-refractivity contribution in [2.24, 2.45) is 0 Å². The summed E-state index contributed by atoms with van der Waals surface area (Å²) in [5, 5.41) is 23.7. The number of hydrogen-bond acceptors (Lipinski definition) is 11. The molecule has 0 heterocycles. The molecule has 2 aromatic carbocycles. The summed E-state index contributed by atoms with van der Waals surface area (Å²) in [6.45, 7) is 3.49. The van der Waals surface area contributed by atoms with Crippen LogP contribution in [0.1, 0.15) is 24.2 Å². The molecule has 0 aliphatic heterocycles. The van der Waals surface area contributed by atoms with E-state index >= 15 is 0 Å². The van der Waals surface area contributed by atoms with Crippen LogP contribution >= 0.6 is 0 Å². The van der Waals surface area contributed by atoms with Crippen LogP contribution in [0.15, 0.2) is 41.3 Å². The molecule has 0 unspecified atom stereocenters. The van der Waals surface area contributed by atoms with Crippen LogP contribution in [0.5, 0.6) is 5.75 Å². The molecule has 0 aromatic heterocycles. The fourth-order valence-corrected chi connectivity index (χ4v) is 2.95. The third kappa shape index (κ3) is 8.57. The molecule has 0 bridgehead atoms. The number of methoxy groups -OCH3 is 1. The van der Waals surface area contributed by atoms with Crippen molar-refractivity contribution >= 4 is 33.1 Å². The third-order valence-electron chi connectivity index (χ3n) is 3.73. The molecule has 0 saturated carbocycles. The van der Waals surface area contributed by atoms with Gasteiger partial charge in [-0.2, -0.15) is 0 Å². The van der Waals surface area contributed by atoms with E-state index in [1.54, 1.807) is 13.8 Å². The predicted octanol–water partition coefficient (Wildman–Crippen LogP) is -5.37. The fourth-order valence-electron chi connectivity index (χ4n) is 2.46. The van der Waals surface area contributed by atoms with Gasteiger partial charge in [0.1, 0.15) is 10.1 Å². The second kappa shape index (κ2) is 13.7. The Labute approximate surface area is 269 Å². The Kier molecular flexibility index (Phi) is 13.6. The zero-order valence-corrected chi connectivity index (χ0v) is 25.2. The van der Waals surface area contributed by atoms with Gasteiger partial charge in [-0.1, -0.05) is 0 Å². The molecule has 162 valence electrons. The second-order valence-corrected chi connectivity index (χ2v) is 7.67. The van der Waals surface area contributed by atoms with Crippen LogP contribution in [0.25, 0.3) is 0 Å². The molecule has 0 spiro atoms. The standard InChI is InChI=1S/C17H20N4O8S.2K/c1-10(2)18-20(19-14-6-4-11(21(24)25)8-16(14)29-3)15-7-5-12(30(26,27)28)9-13(15)17(22)23;;/h4-10,18-19H,1-3H3,(H,22,23)(H,26,27,28);;/q;2*+1/p-2. The van der Waals surface area contributed by atoms with Gasteiger partial charge in [0, 0.05) is 17.7 Å². The normalized spacial score (nSPS) is 10.5. The molecule has 0 aliphatic rings. The van der Waals surface area contributed by atoms with Gasteiger partial charge in [0.2, 0.25) is 0 Å². The molecule has 2 N–H and O–H groups in total. The first-order chi connectivity index (χ1) is 13.9. The van der Waals surface area contributed by atoms with E-state index in [0.717, 1.165) is 17.3 Å². The number of rotatable bonds is 9. The number of anilines is 2. The number of nitrogens with zero attached hydrogens (tertiary/aromatic N) is 2. The van der Waals surface area contributed by atoms with Crippen molar-refractivity contribution in [1.29, 1.82) is 0 Å². The molecule has 2 rings (SSSR count). The molecule has 0 saturated heterocycles. The molecule has 32 heavy (non-hydrogen) atoms. The van der Waals surface area contributed by atoms with Crippen LogP contribution in [0, 0.1) is 10.1 Å². The van der Waals surface area contributed by atoms with E-state index in [0.29, 0.717) is 6.07 Å². The van der Waals surface area contributed by atoms with Crippen molar-refractivity contribution < 1.29 is 135 Å². The van der Waals surface area contributed by atoms with Crippen LogP contribution in [-0.2, 0) is 10.1 Å². The van der Waals surface area contributed by atoms with Crippen molar-refractivity contribution in [3.05, 3.63) is 52.1 Å². The summed E-state index contributed by atoms with van der Waals surface area (Å²) in [6, 6.07) is 6.24. The summed E-state index contributed by atoms with van der Waals surface area (Å²) in [4.78, 5) is 21.2. The molecule has 12 nitrogen and oxygen atoms in total. The molecule has 0 fully saturated rings. The van der Waals surface area contributed by atoms with Crippen molar-refractivity contribution in [3.8, 4) is 5.75 Å². The number of carbonyl (C=O) groups is 1. The minimum absolute atomic E-state index is 0. The molecular weight excluding hydrogens is 498 g/mol. The SMILES string of the molecule is COc1cc([N+](=O)[O-])ccc1NN(NC(C)C)c1ccc(S(=O)(=O)[O-])cc1C(=O)[O-].[K+].[K+]. The summed E-state index contributed by atoms with van der Waals surface area (Å²) in [5.74, 6) is -1.63. The summed E-state index contributed by atoms with van der Waals surface area (Å²) in [5.41, 5.74) is 5.09. The number of aromatic carboxylic acids is 1. The number of non-ortho nitro benzene ring substituents is 1. The molecule has 0 amide bonds. The monoisotopic (exact) mass is 516 g/mol. The molecule has 0 aliphatic carbocycles. The van der Waals surface area contributed by atoms with E-state index in [-0.39, 0.29) is 132 Å². The van der Waals surface area contributed by atoms with Crippen molar-refractivity contribution in [2.45, 2.75) is 24.8 Å². The van der Waals surface area contributed by atoms with Crippen LogP contribution in [0.3, 0.4) is 0 Å². The maximum atomic E-state index is 11.6. The first-order valence-corrected chi connectivity index (χ1v) is 9.81. The average Bonchev–Trinajstić information content (AvgIpc) is 2.65. The number of carboxylic acids is 1. The molecule has 2 aromatic rings. The number of carboxylic acid groups (broad SMARTS) is 1. The van der Waals surface area contributed by atoms with E-state index in [1.807, 2.05) is 0 Å². The first kappa shape index (κ1) is 31.9. The van der Waals surface area contributed by atoms with Gasteiger partial charge in [-0.3, -0.25) is 15.5 Å². The maximum absolute atomic E-state index is 11.6. The second-order valence-electron chi connectivity index (χ2n) is 6.29. The Morgan fingerprint density at radius 1 is 1.16 bits per heavy atom. The third-order valence-corrected chi connectivity index (χ3v) is 4.56. The van der Waals surface area contributed by atoms with Gasteiger partial charge in [-0.15, -0.1) is 0 Å². The van der Waals surface area contributed by atoms with Gasteiger partial charge in [-0.25, -0.2) is 19.0 Å². The van der Waals surface area contributed by atoms with E-state index in [2.05, 4.69) is 10.9 Å². The quantitative estimate of drug-likeness (QED) is 0.141. The number of carbonyl (C=O) groups excluding carboxylic acids is 1. The minimum Gasteiger partial charge on any atom is -0.744 e. The Morgan fingerprint density at radius 2 is 1.78 bits per heavy atom. The van der Waals surface area contributed by atoms with E-state index in [4.69, 9.17) is 4.74 Å². The van der Waals surface area contributed by atoms with Gasteiger partial charge in [0.05, 0.1) is 40.3 Å². The van der Waals surface area contributed by atoms with Crippen LogP contribution < -0.4 is 129 Å². The van der Waals surface area contributed by atoms with E-state index in [1.165, 1.54) is 25.3 Å². The number of hydrazine groups is 2. The van der Waals surface area contributed by atoms with Gasteiger partial charge >= 0.3 is 103 Å². The zero-order chi connectivity index (χ0) is 22.6. The smallest absolute Gasteiger partial charge is 0.744 e. The molecule has 0 radical (unpaired) electrons. The zero-order valence-electron chi connectivity index (χ0n) is 18.1. The van der Waals surface area contributed by atoms with Crippen molar-refractivity contribution in [3.63, 3.8) is 0 Å². The predicted molar refractivity (Wildman–Crippen MR) is 103 cm³/mol. The maximum Gasteiger partial charge on any atom is 1.00 e. The average molecular weight is 517 g/mol. The van der Waals surface area contributed by atoms with E-state index < -0.39 is 31.5 Å². The largest absolute Gasteiger partial charge is 1.00 e. The number of nitrogens with one attached hydrogen (secondary N) is 2. The Hall–Kier alpha value is -0.147. The number of benzene rings is 2. The Morgan fingerprint density at radius 3 is 2.25 bits per heavy atom. The van der Waals surface area contributed by atoms with Gasteiger partial charge in [-0.05, 0) is 38.1 Å². The van der Waals surface area contributed by atoms with Crippen LogP contribution in [-0.4, -0.2) is 37.0 Å². The molecule has 0 atom stereocenters. The topological polar surface area (TPSA) is 177 Å². The number of hydrogen-bond donors (Lipinski definition) is 2. The molecule has 15 heteroatoms. The Bertz CT molecular complexity index is 1080. The van der Waals surface area contributed by atoms with Gasteiger partial charge in [0.25, 0.3) is 5.69 Å². The number of nitro benzene ring substituents is 1. The molecular formula is C17H18K2N4O8S. The van der Waals surface area contributed by atoms with Crippen molar-refractivity contribution in [2.75, 3.05) is 17.7 Å². The van der Waals surface area contributed by atoms with Crippen LogP contribution in [0.2, 0.25) is 0 Å². The van der Waals surface area contributed by atoms with Crippen molar-refractivity contribution in [1.82, 2.24) is 5.43 Å². The first-order valence-electron chi connectivity index (χ1n) is 8.40. The summed E-state index contributed by atoms with van der Waals surface area (Å²) in [7, 11) is -3.59. The summed E-state index contributed by atoms with van der Waals surface area (Å²) < 4.78 is 38.9. The van der Waals surface area contributed by atoms with Gasteiger partial charge < -0.3 is 19.2 Å². The number of nitro groups is 1. The Balaban J connectivity index is 0.00000480. The number of ether oxygens (including phenoxy) is 1. The van der Waals surface area contributed by atoms with E-state index in [9.17, 15) is 33.0 Å². The van der Waals surface area contributed by atoms with Gasteiger partial charge in [0.15, 0.2) is 5.75 Å². The summed E-state index contributed by atoms with van der Waals surface area (Å²) in [6.07, 6.45) is 0. The minimum atomic E-state index is -4.89. The van der Waals surface area contributed by atoms with Crippen LogP contribution in [0.4, 0.5) is 17.1 Å². The fraction of sp³-hybridized carbons (Fsp3) is 0.235. The summed E-state index contributed by atoms with van der Waals surface area (Å²) >= 11 is 0.